The number of aromatic nitrogens is 1. The fourth-order valence-corrected chi connectivity index (χ4v) is 2.60. The summed E-state index contributed by atoms with van der Waals surface area (Å²) in [5.74, 6) is 2.11. The normalized spacial score (nSPS) is 10.6. The van der Waals surface area contributed by atoms with Crippen LogP contribution < -0.4 is 14.8 Å². The van der Waals surface area contributed by atoms with Crippen molar-refractivity contribution in [2.75, 3.05) is 13.7 Å². The molecule has 0 spiro atoms. The number of carbonyl (C=O) groups excluding carboxylic acids is 1. The molecule has 0 saturated heterocycles. The molecule has 7 nitrogen and oxygen atoms in total. The Bertz CT molecular complexity index is 938. The molecule has 0 atom stereocenters. The molecule has 7 heteroatoms. The van der Waals surface area contributed by atoms with E-state index in [0.29, 0.717) is 36.4 Å². The van der Waals surface area contributed by atoms with Gasteiger partial charge in [-0.15, -0.1) is 0 Å². The van der Waals surface area contributed by atoms with Gasteiger partial charge in [0, 0.05) is 25.4 Å². The fourth-order valence-electron chi connectivity index (χ4n) is 2.60. The van der Waals surface area contributed by atoms with Gasteiger partial charge in [-0.3, -0.25) is 4.79 Å². The SMILES string of the molecule is CCCOc1ccccc1Oc1ncccc1CNC(=O)c1ccc(COC)o1. The van der Waals surface area contributed by atoms with Crippen molar-refractivity contribution in [2.24, 2.45) is 0 Å². The van der Waals surface area contributed by atoms with E-state index in [0.717, 1.165) is 12.0 Å². The first-order valence-corrected chi connectivity index (χ1v) is 9.40. The van der Waals surface area contributed by atoms with Crippen LogP contribution in [0.3, 0.4) is 0 Å². The van der Waals surface area contributed by atoms with Gasteiger partial charge >= 0.3 is 0 Å². The number of nitrogens with zero attached hydrogens (tertiary/aromatic N) is 1. The van der Waals surface area contributed by atoms with Crippen molar-refractivity contribution in [3.05, 3.63) is 71.8 Å². The van der Waals surface area contributed by atoms with E-state index in [1.165, 1.54) is 0 Å². The summed E-state index contributed by atoms with van der Waals surface area (Å²) in [5.41, 5.74) is 0.731. The third kappa shape index (κ3) is 5.58. The predicted octanol–water partition coefficient (Wildman–Crippen LogP) is 4.33. The quantitative estimate of drug-likeness (QED) is 0.549. The number of para-hydroxylation sites is 2. The molecule has 0 radical (unpaired) electrons. The Balaban J connectivity index is 1.68. The van der Waals surface area contributed by atoms with Crippen LogP contribution >= 0.6 is 0 Å². The van der Waals surface area contributed by atoms with Crippen molar-refractivity contribution >= 4 is 5.91 Å². The molecule has 0 aliphatic rings. The van der Waals surface area contributed by atoms with Crippen LogP contribution in [0.2, 0.25) is 0 Å². The van der Waals surface area contributed by atoms with Crippen molar-refractivity contribution in [3.8, 4) is 17.4 Å². The van der Waals surface area contributed by atoms with Crippen LogP contribution in [0.15, 0.2) is 59.1 Å². The number of hydrogen-bond donors (Lipinski definition) is 1. The fraction of sp³-hybridized carbons (Fsp3) is 0.273. The highest BCUT2D eigenvalue weighted by molar-refractivity contribution is 5.91. The van der Waals surface area contributed by atoms with E-state index in [2.05, 4.69) is 10.3 Å². The molecule has 0 fully saturated rings. The molecule has 0 bridgehead atoms. The second-order valence-electron chi connectivity index (χ2n) is 6.25. The zero-order valence-electron chi connectivity index (χ0n) is 16.5. The van der Waals surface area contributed by atoms with Gasteiger partial charge < -0.3 is 23.9 Å². The molecular weight excluding hydrogens is 372 g/mol. The first-order valence-electron chi connectivity index (χ1n) is 9.40. The second-order valence-corrected chi connectivity index (χ2v) is 6.25. The minimum absolute atomic E-state index is 0.224. The number of pyridine rings is 1. The number of benzene rings is 1. The number of furan rings is 1. The highest BCUT2D eigenvalue weighted by atomic mass is 16.5. The summed E-state index contributed by atoms with van der Waals surface area (Å²) in [6, 6.07) is 14.4. The van der Waals surface area contributed by atoms with Crippen LogP contribution in [0.25, 0.3) is 0 Å². The van der Waals surface area contributed by atoms with E-state index in [4.69, 9.17) is 18.6 Å². The number of nitrogens with one attached hydrogen (secondary N) is 1. The van der Waals surface area contributed by atoms with Gasteiger partial charge in [-0.05, 0) is 36.8 Å². The predicted molar refractivity (Wildman–Crippen MR) is 107 cm³/mol. The summed E-state index contributed by atoms with van der Waals surface area (Å²) in [6.45, 7) is 3.19. The third-order valence-corrected chi connectivity index (χ3v) is 3.98. The van der Waals surface area contributed by atoms with Gasteiger partial charge in [0.2, 0.25) is 5.88 Å². The molecule has 1 N–H and O–H groups in total. The summed E-state index contributed by atoms with van der Waals surface area (Å²) >= 11 is 0. The maximum Gasteiger partial charge on any atom is 0.287 e. The average Bonchev–Trinajstić information content (AvgIpc) is 3.21. The Morgan fingerprint density at radius 3 is 2.72 bits per heavy atom. The molecule has 3 rings (SSSR count). The molecule has 3 aromatic rings. The molecule has 0 saturated carbocycles. The van der Waals surface area contributed by atoms with Crippen LogP contribution in [-0.2, 0) is 17.9 Å². The summed E-state index contributed by atoms with van der Waals surface area (Å²) in [5, 5.41) is 2.82. The van der Waals surface area contributed by atoms with E-state index in [-0.39, 0.29) is 18.2 Å². The Morgan fingerprint density at radius 1 is 1.10 bits per heavy atom. The molecule has 1 aromatic carbocycles. The van der Waals surface area contributed by atoms with E-state index < -0.39 is 0 Å². The van der Waals surface area contributed by atoms with Crippen molar-refractivity contribution in [3.63, 3.8) is 0 Å². The molecule has 0 unspecified atom stereocenters. The first-order chi connectivity index (χ1) is 14.2. The lowest BCUT2D eigenvalue weighted by atomic mass is 10.2. The van der Waals surface area contributed by atoms with Crippen molar-refractivity contribution in [2.45, 2.75) is 26.5 Å². The first kappa shape index (κ1) is 20.4. The Kier molecular flexibility index (Phi) is 7.24. The average molecular weight is 396 g/mol. The van der Waals surface area contributed by atoms with Crippen LogP contribution in [0.5, 0.6) is 17.4 Å². The minimum Gasteiger partial charge on any atom is -0.490 e. The Hall–Kier alpha value is -3.32. The Labute approximate surface area is 169 Å². The molecule has 2 aromatic heterocycles. The zero-order chi connectivity index (χ0) is 20.5. The number of amides is 1. The maximum absolute atomic E-state index is 12.4. The highest BCUT2D eigenvalue weighted by Crippen LogP contribution is 2.31. The van der Waals surface area contributed by atoms with Gasteiger partial charge in [0.05, 0.1) is 6.61 Å². The van der Waals surface area contributed by atoms with Gasteiger partial charge in [-0.2, -0.15) is 0 Å². The molecule has 1 amide bonds. The summed E-state index contributed by atoms with van der Waals surface area (Å²) in [7, 11) is 1.57. The monoisotopic (exact) mass is 396 g/mol. The van der Waals surface area contributed by atoms with E-state index >= 15 is 0 Å². The highest BCUT2D eigenvalue weighted by Gasteiger charge is 2.14. The lowest BCUT2D eigenvalue weighted by molar-refractivity contribution is 0.0914. The van der Waals surface area contributed by atoms with E-state index in [9.17, 15) is 4.79 Å². The molecule has 0 aliphatic carbocycles. The third-order valence-electron chi connectivity index (χ3n) is 3.98. The van der Waals surface area contributed by atoms with Crippen molar-refractivity contribution in [1.29, 1.82) is 0 Å². The number of hydrogen-bond acceptors (Lipinski definition) is 6. The molecule has 2 heterocycles. The van der Waals surface area contributed by atoms with Crippen LogP contribution in [-0.4, -0.2) is 24.6 Å². The maximum atomic E-state index is 12.4. The number of methoxy groups -OCH3 is 1. The lowest BCUT2D eigenvalue weighted by Gasteiger charge is -2.13. The van der Waals surface area contributed by atoms with Gasteiger partial charge in [0.1, 0.15) is 12.4 Å². The topological polar surface area (TPSA) is 82.8 Å². The van der Waals surface area contributed by atoms with Crippen LogP contribution in [0, 0.1) is 0 Å². The van der Waals surface area contributed by atoms with Crippen LogP contribution in [0.4, 0.5) is 0 Å². The molecular formula is C22H24N2O5. The molecule has 29 heavy (non-hydrogen) atoms. The van der Waals surface area contributed by atoms with E-state index in [1.54, 1.807) is 31.5 Å². The number of carbonyl (C=O) groups is 1. The van der Waals surface area contributed by atoms with Gasteiger partial charge in [-0.1, -0.05) is 25.1 Å². The summed E-state index contributed by atoms with van der Waals surface area (Å²) in [4.78, 5) is 16.7. The Morgan fingerprint density at radius 2 is 1.93 bits per heavy atom. The summed E-state index contributed by atoms with van der Waals surface area (Å²) in [6.07, 6.45) is 2.54. The summed E-state index contributed by atoms with van der Waals surface area (Å²) < 4.78 is 22.2. The largest absolute Gasteiger partial charge is 0.490 e. The van der Waals surface area contributed by atoms with Gasteiger partial charge in [-0.25, -0.2) is 4.98 Å². The molecule has 152 valence electrons. The minimum atomic E-state index is -0.325. The molecule has 0 aliphatic heterocycles. The van der Waals surface area contributed by atoms with Gasteiger partial charge in [0.25, 0.3) is 5.91 Å². The van der Waals surface area contributed by atoms with E-state index in [1.807, 2.05) is 37.3 Å². The zero-order valence-corrected chi connectivity index (χ0v) is 16.5. The second kappa shape index (κ2) is 10.3. The number of rotatable bonds is 10. The smallest absolute Gasteiger partial charge is 0.287 e. The standard InChI is InChI=1S/C22H24N2O5/c1-3-13-27-18-8-4-5-9-19(18)29-22-16(7-6-12-23-22)14-24-21(25)20-11-10-17(28-20)15-26-2/h4-12H,3,13-15H2,1-2H3,(H,24,25). The lowest BCUT2D eigenvalue weighted by Crippen LogP contribution is -2.22. The van der Waals surface area contributed by atoms with Crippen LogP contribution in [0.1, 0.15) is 35.2 Å². The number of ether oxygens (including phenoxy) is 3. The van der Waals surface area contributed by atoms with Crippen molar-refractivity contribution < 1.29 is 23.4 Å². The van der Waals surface area contributed by atoms with Crippen molar-refractivity contribution in [1.82, 2.24) is 10.3 Å². The van der Waals surface area contributed by atoms with Gasteiger partial charge in [0.15, 0.2) is 17.3 Å².